The molecule has 0 spiro atoms. The molecule has 37 heavy (non-hydrogen) atoms. The summed E-state index contributed by atoms with van der Waals surface area (Å²) in [5.74, 6) is 0.488. The summed E-state index contributed by atoms with van der Waals surface area (Å²) in [6.45, 7) is 9.60. The number of aliphatic hydroxyl groups excluding tert-OH is 1. The minimum Gasteiger partial charge on any atom is -0.393 e. The van der Waals surface area contributed by atoms with E-state index in [9.17, 15) is 9.90 Å². The average molecular weight is 586 g/mol. The number of aryl methyl sites for hydroxylation is 1. The first-order valence-electron chi connectivity index (χ1n) is 13.4. The largest absolute Gasteiger partial charge is 0.393 e. The Kier molecular flexibility index (Phi) is 8.01. The Hall–Kier alpha value is -1.87. The second kappa shape index (κ2) is 11.1. The van der Waals surface area contributed by atoms with Crippen LogP contribution in [0.4, 0.5) is 0 Å². The summed E-state index contributed by atoms with van der Waals surface area (Å²) >= 11 is 4.97. The summed E-state index contributed by atoms with van der Waals surface area (Å²) in [4.78, 5) is 26.3. The van der Waals surface area contributed by atoms with Crippen LogP contribution in [0.5, 0.6) is 0 Å². The van der Waals surface area contributed by atoms with Crippen molar-refractivity contribution in [1.29, 1.82) is 0 Å². The third-order valence-electron chi connectivity index (χ3n) is 8.01. The lowest BCUT2D eigenvalue weighted by molar-refractivity contribution is 0.0795. The molecule has 1 aliphatic carbocycles. The third-order valence-corrected chi connectivity index (χ3v) is 9.47. The van der Waals surface area contributed by atoms with Crippen LogP contribution in [0.2, 0.25) is 0 Å². The van der Waals surface area contributed by atoms with Crippen LogP contribution >= 0.6 is 27.3 Å². The van der Waals surface area contributed by atoms with E-state index in [4.69, 9.17) is 9.97 Å². The summed E-state index contributed by atoms with van der Waals surface area (Å²) in [5.41, 5.74) is 4.63. The van der Waals surface area contributed by atoms with Gasteiger partial charge in [0.05, 0.1) is 12.1 Å². The molecule has 198 valence electrons. The van der Waals surface area contributed by atoms with Gasteiger partial charge in [-0.2, -0.15) is 0 Å². The monoisotopic (exact) mass is 584 g/mol. The number of amides is 1. The fraction of sp³-hybridized carbons (Fsp3) is 0.552. The van der Waals surface area contributed by atoms with Crippen molar-refractivity contribution in [2.45, 2.75) is 71.4 Å². The molecule has 3 heterocycles. The first-order chi connectivity index (χ1) is 17.7. The zero-order chi connectivity index (χ0) is 26.2. The van der Waals surface area contributed by atoms with Gasteiger partial charge < -0.3 is 15.3 Å². The van der Waals surface area contributed by atoms with Crippen LogP contribution in [-0.4, -0.2) is 51.6 Å². The summed E-state index contributed by atoms with van der Waals surface area (Å²) in [6.07, 6.45) is 5.41. The summed E-state index contributed by atoms with van der Waals surface area (Å²) < 4.78 is 0.994. The molecule has 1 unspecified atom stereocenters. The number of halogens is 1. The molecule has 1 saturated heterocycles. The van der Waals surface area contributed by atoms with Crippen LogP contribution < -0.4 is 5.32 Å². The van der Waals surface area contributed by atoms with Crippen molar-refractivity contribution in [1.82, 2.24) is 20.2 Å². The first kappa shape index (κ1) is 26.7. The van der Waals surface area contributed by atoms with Gasteiger partial charge in [0.2, 0.25) is 0 Å². The van der Waals surface area contributed by atoms with Gasteiger partial charge >= 0.3 is 0 Å². The van der Waals surface area contributed by atoms with E-state index in [1.54, 1.807) is 0 Å². The highest BCUT2D eigenvalue weighted by molar-refractivity contribution is 9.10. The van der Waals surface area contributed by atoms with E-state index in [0.29, 0.717) is 10.9 Å². The maximum atomic E-state index is 13.4. The molecule has 3 aromatic rings. The second-order valence-electron chi connectivity index (χ2n) is 11.7. The number of hydrogen-bond donors (Lipinski definition) is 2. The number of nitrogens with zero attached hydrogens (tertiary/aromatic N) is 3. The molecule has 2 atom stereocenters. The van der Waals surface area contributed by atoms with Gasteiger partial charge in [-0.05, 0) is 79.2 Å². The number of rotatable bonds is 6. The molecule has 5 rings (SSSR count). The third kappa shape index (κ3) is 6.41. The molecule has 2 N–H and O–H groups in total. The molecule has 6 nitrogen and oxygen atoms in total. The Morgan fingerprint density at radius 2 is 2.00 bits per heavy atom. The quantitative estimate of drug-likeness (QED) is 0.376. The molecule has 1 aliphatic heterocycles. The molecular weight excluding hydrogens is 548 g/mol. The van der Waals surface area contributed by atoms with Gasteiger partial charge in [-0.3, -0.25) is 4.79 Å². The van der Waals surface area contributed by atoms with Crippen molar-refractivity contribution in [2.24, 2.45) is 11.3 Å². The fourth-order valence-electron chi connectivity index (χ4n) is 5.57. The number of likely N-dealkylation sites (tertiary alicyclic amines) is 1. The van der Waals surface area contributed by atoms with Crippen LogP contribution in [0.25, 0.3) is 10.3 Å². The van der Waals surface area contributed by atoms with Crippen molar-refractivity contribution in [3.8, 4) is 0 Å². The number of aliphatic hydroxyl groups is 1. The highest BCUT2D eigenvalue weighted by Crippen LogP contribution is 2.38. The van der Waals surface area contributed by atoms with E-state index >= 15 is 0 Å². The summed E-state index contributed by atoms with van der Waals surface area (Å²) in [6, 6.07) is 10.2. The Bertz CT molecular complexity index is 1260. The Balaban J connectivity index is 1.33. The lowest BCUT2D eigenvalue weighted by Gasteiger charge is -2.34. The van der Waals surface area contributed by atoms with E-state index in [1.165, 1.54) is 22.6 Å². The Morgan fingerprint density at radius 3 is 2.73 bits per heavy atom. The molecule has 0 radical (unpaired) electrons. The fourth-order valence-corrected chi connectivity index (χ4v) is 6.83. The number of fused-ring (bicyclic) bond motifs is 2. The Labute approximate surface area is 232 Å². The maximum Gasteiger partial charge on any atom is 0.280 e. The van der Waals surface area contributed by atoms with Crippen molar-refractivity contribution in [2.75, 3.05) is 19.6 Å². The minimum absolute atomic E-state index is 0.127. The van der Waals surface area contributed by atoms with E-state index in [0.717, 1.165) is 78.5 Å². The van der Waals surface area contributed by atoms with Crippen LogP contribution in [0.3, 0.4) is 0 Å². The van der Waals surface area contributed by atoms with E-state index < -0.39 is 0 Å². The highest BCUT2D eigenvalue weighted by atomic mass is 79.9. The molecule has 1 aromatic carbocycles. The number of carbonyl (C=O) groups is 1. The van der Waals surface area contributed by atoms with Crippen molar-refractivity contribution in [3.63, 3.8) is 0 Å². The maximum absolute atomic E-state index is 13.4. The van der Waals surface area contributed by atoms with Gasteiger partial charge in [-0.1, -0.05) is 60.2 Å². The number of nitrogens with one attached hydrogen (secondary N) is 1. The SMILES string of the molecule is CC(C)(C)[C@H]1CCc2nc3sc(C(=O)NC(CCN4CCC(O)CC4)c4cccc(Br)c4)nc3cc2C1. The Morgan fingerprint density at radius 1 is 1.22 bits per heavy atom. The summed E-state index contributed by atoms with van der Waals surface area (Å²) in [7, 11) is 0. The molecule has 0 bridgehead atoms. The molecule has 2 aromatic heterocycles. The van der Waals surface area contributed by atoms with Gasteiger partial charge in [0, 0.05) is 29.8 Å². The van der Waals surface area contributed by atoms with Gasteiger partial charge in [-0.15, -0.1) is 0 Å². The molecule has 1 fully saturated rings. The van der Waals surface area contributed by atoms with E-state index in [2.05, 4.69) is 65.1 Å². The molecule has 8 heteroatoms. The predicted octanol–water partition coefficient (Wildman–Crippen LogP) is 5.92. The van der Waals surface area contributed by atoms with E-state index in [1.807, 2.05) is 12.1 Å². The topological polar surface area (TPSA) is 78.4 Å². The zero-order valence-corrected chi connectivity index (χ0v) is 24.4. The molecule has 1 amide bonds. The number of thiazole rings is 1. The van der Waals surface area contributed by atoms with Crippen LogP contribution in [0.15, 0.2) is 34.8 Å². The average Bonchev–Trinajstić information content (AvgIpc) is 3.28. The lowest BCUT2D eigenvalue weighted by Crippen LogP contribution is -2.38. The minimum atomic E-state index is -0.186. The van der Waals surface area contributed by atoms with Gasteiger partial charge in [-0.25, -0.2) is 9.97 Å². The van der Waals surface area contributed by atoms with E-state index in [-0.39, 0.29) is 23.5 Å². The number of hydrogen-bond acceptors (Lipinski definition) is 6. The number of benzene rings is 1. The molecular formula is C29H37BrN4O2S. The van der Waals surface area contributed by atoms with Crippen molar-refractivity contribution < 1.29 is 9.90 Å². The van der Waals surface area contributed by atoms with Gasteiger partial charge in [0.1, 0.15) is 10.3 Å². The number of piperidine rings is 1. The molecule has 2 aliphatic rings. The van der Waals surface area contributed by atoms with Gasteiger partial charge in [0.25, 0.3) is 5.91 Å². The van der Waals surface area contributed by atoms with Crippen LogP contribution in [0, 0.1) is 11.3 Å². The van der Waals surface area contributed by atoms with Crippen LogP contribution in [-0.2, 0) is 12.8 Å². The number of pyridine rings is 1. The smallest absolute Gasteiger partial charge is 0.280 e. The molecule has 0 saturated carbocycles. The first-order valence-corrected chi connectivity index (χ1v) is 15.0. The zero-order valence-electron chi connectivity index (χ0n) is 22.0. The van der Waals surface area contributed by atoms with Gasteiger partial charge in [0.15, 0.2) is 5.01 Å². The van der Waals surface area contributed by atoms with Crippen molar-refractivity contribution in [3.05, 3.63) is 56.6 Å². The summed E-state index contributed by atoms with van der Waals surface area (Å²) in [5, 5.41) is 13.6. The normalized spacial score (nSPS) is 20.1. The number of aromatic nitrogens is 2. The van der Waals surface area contributed by atoms with Crippen LogP contribution in [0.1, 0.15) is 79.1 Å². The van der Waals surface area contributed by atoms with Crippen molar-refractivity contribution >= 4 is 43.5 Å². The standard InChI is InChI=1S/C29H37BrN4O2S/c1-29(2,3)20-7-8-23-19(15-20)17-25-27(32-23)37-28(33-25)26(36)31-24(18-5-4-6-21(30)16-18)11-14-34-12-9-22(35)10-13-34/h4-6,16-17,20,22,24,35H,7-15H2,1-3H3,(H,31,36)/t20-,24?/m0/s1. The number of carbonyl (C=O) groups excluding carboxylic acids is 1. The predicted molar refractivity (Wildman–Crippen MR) is 153 cm³/mol. The highest BCUT2D eigenvalue weighted by Gasteiger charge is 2.30. The second-order valence-corrected chi connectivity index (χ2v) is 13.6. The lowest BCUT2D eigenvalue weighted by atomic mass is 9.71.